The molecular weight excluding hydrogens is 569 g/mol. The van der Waals surface area contributed by atoms with E-state index in [1.54, 1.807) is 12.1 Å². The van der Waals surface area contributed by atoms with Crippen LogP contribution in [0.1, 0.15) is 33.1 Å². The van der Waals surface area contributed by atoms with Crippen LogP contribution >= 0.6 is 11.6 Å². The molecule has 10 heteroatoms. The number of phenols is 1. The molecule has 0 radical (unpaired) electrons. The third kappa shape index (κ3) is 5.96. The van der Waals surface area contributed by atoms with E-state index in [-0.39, 0.29) is 45.4 Å². The summed E-state index contributed by atoms with van der Waals surface area (Å²) in [4.78, 5) is 13.7. The predicted octanol–water partition coefficient (Wildman–Crippen LogP) is 5.61. The van der Waals surface area contributed by atoms with E-state index in [0.717, 1.165) is 30.2 Å². The molecule has 2 fully saturated rings. The van der Waals surface area contributed by atoms with Gasteiger partial charge in [-0.1, -0.05) is 42.8 Å². The van der Waals surface area contributed by atoms with Crippen LogP contribution in [0, 0.1) is 11.2 Å². The highest BCUT2D eigenvalue weighted by Crippen LogP contribution is 2.47. The summed E-state index contributed by atoms with van der Waals surface area (Å²) in [5.41, 5.74) is 0.776. The van der Waals surface area contributed by atoms with Crippen molar-refractivity contribution in [3.8, 4) is 22.9 Å². The summed E-state index contributed by atoms with van der Waals surface area (Å²) in [5.74, 6) is -0.0654. The van der Waals surface area contributed by atoms with Gasteiger partial charge in [-0.3, -0.25) is 0 Å². The Morgan fingerprint density at radius 1 is 1.16 bits per heavy atom. The first-order chi connectivity index (χ1) is 20.6. The molecule has 3 aromatic carbocycles. The van der Waals surface area contributed by atoms with Crippen LogP contribution in [0.15, 0.2) is 42.5 Å². The quantitative estimate of drug-likeness (QED) is 0.226. The van der Waals surface area contributed by atoms with E-state index in [2.05, 4.69) is 27.0 Å². The number of phenolic OH excluding ortho intramolecular Hbond substituents is 1. The van der Waals surface area contributed by atoms with E-state index in [1.165, 1.54) is 6.07 Å². The molecule has 3 unspecified atom stereocenters. The fourth-order valence-corrected chi connectivity index (χ4v) is 6.72. The van der Waals surface area contributed by atoms with Gasteiger partial charge in [0.25, 0.3) is 0 Å². The highest BCUT2D eigenvalue weighted by molar-refractivity contribution is 6.35. The van der Waals surface area contributed by atoms with E-state index in [4.69, 9.17) is 21.3 Å². The molecule has 1 aliphatic carbocycles. The monoisotopic (exact) mass is 607 g/mol. The van der Waals surface area contributed by atoms with Crippen molar-refractivity contribution in [2.75, 3.05) is 45.2 Å². The Hall–Kier alpha value is -3.24. The van der Waals surface area contributed by atoms with Gasteiger partial charge in [0.05, 0.1) is 23.8 Å². The van der Waals surface area contributed by atoms with Gasteiger partial charge >= 0.3 is 6.01 Å². The van der Waals surface area contributed by atoms with Crippen molar-refractivity contribution in [3.63, 3.8) is 0 Å². The Kier molecular flexibility index (Phi) is 8.10. The van der Waals surface area contributed by atoms with Crippen LogP contribution in [0.3, 0.4) is 0 Å². The number of aliphatic hydroxyl groups excluding tert-OH is 1. The number of benzene rings is 3. The van der Waals surface area contributed by atoms with Crippen molar-refractivity contribution in [2.45, 2.75) is 51.3 Å². The molecule has 1 saturated heterocycles. The smallest absolute Gasteiger partial charge is 0.319 e. The first-order valence-electron chi connectivity index (χ1n) is 15.0. The minimum atomic E-state index is -0.602. The number of nitrogens with one attached hydrogen (secondary N) is 1. The molecular formula is C33H39ClFN5O3. The zero-order valence-corrected chi connectivity index (χ0v) is 25.8. The summed E-state index contributed by atoms with van der Waals surface area (Å²) >= 11 is 6.87. The van der Waals surface area contributed by atoms with Gasteiger partial charge in [-0.15, -0.1) is 0 Å². The van der Waals surface area contributed by atoms with Gasteiger partial charge in [0, 0.05) is 42.0 Å². The average molecular weight is 608 g/mol. The van der Waals surface area contributed by atoms with E-state index in [1.807, 2.05) is 45.3 Å². The number of piperazine rings is 1. The third-order valence-electron chi connectivity index (χ3n) is 8.67. The van der Waals surface area contributed by atoms with Crippen molar-refractivity contribution >= 4 is 39.1 Å². The van der Waals surface area contributed by atoms with Gasteiger partial charge in [-0.25, -0.2) is 4.39 Å². The predicted molar refractivity (Wildman–Crippen MR) is 170 cm³/mol. The number of halogens is 2. The lowest BCUT2D eigenvalue weighted by Crippen LogP contribution is -2.59. The standard InChI is InChI=1S/C33H39ClFN5O3/c1-5-27(42)26-16-40(15-19(2)36-26)31-24-14-25(34)28(23-13-21(41)12-20-8-6-7-9-22(20)23)29(35)30(24)37-32(38-31)43-18-33(10-11-33)17-39(3)4/h6-9,12-14,19,26-27,36,41-42H,5,10-11,15-18H2,1-4H3. The Bertz CT molecular complexity index is 1660. The largest absolute Gasteiger partial charge is 0.508 e. The molecule has 2 heterocycles. The van der Waals surface area contributed by atoms with Crippen LogP contribution in [-0.2, 0) is 0 Å². The number of aliphatic hydroxyl groups is 1. The van der Waals surface area contributed by atoms with E-state index in [0.29, 0.717) is 42.9 Å². The van der Waals surface area contributed by atoms with Gasteiger partial charge in [0.2, 0.25) is 0 Å². The van der Waals surface area contributed by atoms with E-state index in [9.17, 15) is 10.2 Å². The maximum absolute atomic E-state index is 16.8. The molecule has 0 amide bonds. The van der Waals surface area contributed by atoms with Crippen LogP contribution in [0.4, 0.5) is 10.2 Å². The van der Waals surface area contributed by atoms with Gasteiger partial charge < -0.3 is 30.1 Å². The van der Waals surface area contributed by atoms with Gasteiger partial charge in [0.15, 0.2) is 5.82 Å². The van der Waals surface area contributed by atoms with Crippen molar-refractivity contribution in [1.29, 1.82) is 0 Å². The topological polar surface area (TPSA) is 94.0 Å². The van der Waals surface area contributed by atoms with Gasteiger partial charge in [-0.05, 0) is 74.8 Å². The zero-order chi connectivity index (χ0) is 30.5. The number of anilines is 1. The Balaban J connectivity index is 1.50. The minimum absolute atomic E-state index is 0.0163. The summed E-state index contributed by atoms with van der Waals surface area (Å²) in [5, 5.41) is 26.9. The van der Waals surface area contributed by atoms with E-state index >= 15 is 4.39 Å². The molecule has 4 aromatic rings. The fraction of sp³-hybridized carbons (Fsp3) is 0.455. The molecule has 3 N–H and O–H groups in total. The second kappa shape index (κ2) is 11.7. The van der Waals surface area contributed by atoms with Crippen LogP contribution in [0.25, 0.3) is 32.8 Å². The van der Waals surface area contributed by atoms with Gasteiger partial charge in [-0.2, -0.15) is 9.97 Å². The third-order valence-corrected chi connectivity index (χ3v) is 8.96. The van der Waals surface area contributed by atoms with Crippen molar-refractivity contribution in [3.05, 3.63) is 53.3 Å². The maximum Gasteiger partial charge on any atom is 0.319 e. The normalized spacial score (nSPS) is 20.6. The molecule has 1 aromatic heterocycles. The number of aromatic nitrogens is 2. The number of hydrogen-bond donors (Lipinski definition) is 3. The van der Waals surface area contributed by atoms with Crippen molar-refractivity contribution in [1.82, 2.24) is 20.2 Å². The molecule has 0 bridgehead atoms. The Labute approximate surface area is 256 Å². The lowest BCUT2D eigenvalue weighted by molar-refractivity contribution is 0.112. The summed E-state index contributed by atoms with van der Waals surface area (Å²) in [6.45, 7) is 6.40. The summed E-state index contributed by atoms with van der Waals surface area (Å²) in [7, 11) is 4.09. The molecule has 1 aliphatic heterocycles. The number of nitrogens with zero attached hydrogens (tertiary/aromatic N) is 4. The maximum atomic E-state index is 16.8. The van der Waals surface area contributed by atoms with Crippen molar-refractivity contribution in [2.24, 2.45) is 5.41 Å². The molecule has 43 heavy (non-hydrogen) atoms. The highest BCUT2D eigenvalue weighted by Gasteiger charge is 2.44. The second-order valence-corrected chi connectivity index (χ2v) is 13.0. The number of aromatic hydroxyl groups is 1. The number of hydrogen-bond acceptors (Lipinski definition) is 8. The van der Waals surface area contributed by atoms with Crippen LogP contribution in [0.2, 0.25) is 5.02 Å². The molecule has 1 saturated carbocycles. The van der Waals surface area contributed by atoms with Crippen LogP contribution in [0.5, 0.6) is 11.8 Å². The fourth-order valence-electron chi connectivity index (χ4n) is 6.43. The first kappa shape index (κ1) is 29.8. The Morgan fingerprint density at radius 2 is 1.93 bits per heavy atom. The van der Waals surface area contributed by atoms with Crippen LogP contribution < -0.4 is 15.0 Å². The Morgan fingerprint density at radius 3 is 2.65 bits per heavy atom. The van der Waals surface area contributed by atoms with Crippen LogP contribution in [-0.4, -0.2) is 83.6 Å². The number of ether oxygens (including phenoxy) is 1. The molecule has 228 valence electrons. The van der Waals surface area contributed by atoms with E-state index < -0.39 is 11.9 Å². The number of rotatable bonds is 9. The minimum Gasteiger partial charge on any atom is -0.508 e. The first-order valence-corrected chi connectivity index (χ1v) is 15.3. The highest BCUT2D eigenvalue weighted by atomic mass is 35.5. The average Bonchev–Trinajstić information content (AvgIpc) is 3.73. The molecule has 8 nitrogen and oxygen atoms in total. The second-order valence-electron chi connectivity index (χ2n) is 12.6. The zero-order valence-electron chi connectivity index (χ0n) is 25.1. The lowest BCUT2D eigenvalue weighted by Gasteiger charge is -2.40. The molecule has 6 rings (SSSR count). The lowest BCUT2D eigenvalue weighted by atomic mass is 9.96. The van der Waals surface area contributed by atoms with Crippen molar-refractivity contribution < 1.29 is 19.3 Å². The summed E-state index contributed by atoms with van der Waals surface area (Å²) < 4.78 is 23.0. The summed E-state index contributed by atoms with van der Waals surface area (Å²) in [6.07, 6.45) is 2.17. The molecule has 2 aliphatic rings. The number of fused-ring (bicyclic) bond motifs is 2. The summed E-state index contributed by atoms with van der Waals surface area (Å²) in [6, 6.07) is 12.4. The SMILES string of the molecule is CCC(O)C1CN(c2nc(OCC3(CN(C)C)CC3)nc3c(F)c(-c4cc(O)cc5ccccc45)c(Cl)cc23)CC(C)N1. The molecule has 0 spiro atoms. The van der Waals surface area contributed by atoms with Gasteiger partial charge in [0.1, 0.15) is 17.1 Å². The molecule has 3 atom stereocenters.